The van der Waals surface area contributed by atoms with Crippen molar-refractivity contribution in [3.05, 3.63) is 35.4 Å². The average Bonchev–Trinajstić information content (AvgIpc) is 2.39. The minimum atomic E-state index is 0. The zero-order valence-corrected chi connectivity index (χ0v) is 17.1. The highest BCUT2D eigenvalue weighted by atomic mass is 127. The summed E-state index contributed by atoms with van der Waals surface area (Å²) in [5, 5.41) is 6.79. The Morgan fingerprint density at radius 1 is 1.18 bits per heavy atom. The Labute approximate surface area is 152 Å². The molecule has 0 saturated carbocycles. The number of rotatable bonds is 6. The lowest BCUT2D eigenvalue weighted by Gasteiger charge is -2.29. The van der Waals surface area contributed by atoms with Gasteiger partial charge in [0.15, 0.2) is 5.96 Å². The molecule has 0 radical (unpaired) electrons. The van der Waals surface area contributed by atoms with Crippen molar-refractivity contribution >= 4 is 29.9 Å². The first kappa shape index (κ1) is 21.2. The van der Waals surface area contributed by atoms with Crippen LogP contribution in [0.5, 0.6) is 0 Å². The molecule has 1 aromatic carbocycles. The Morgan fingerprint density at radius 2 is 1.82 bits per heavy atom. The predicted molar refractivity (Wildman–Crippen MR) is 107 cm³/mol. The van der Waals surface area contributed by atoms with Crippen molar-refractivity contribution in [2.24, 2.45) is 10.4 Å². The number of guanidine groups is 1. The van der Waals surface area contributed by atoms with Gasteiger partial charge in [-0.2, -0.15) is 0 Å². The largest absolute Gasteiger partial charge is 0.356 e. The van der Waals surface area contributed by atoms with E-state index in [-0.39, 0.29) is 29.4 Å². The maximum absolute atomic E-state index is 4.30. The van der Waals surface area contributed by atoms with Crippen LogP contribution in [0.3, 0.4) is 0 Å². The molecule has 0 aliphatic rings. The molecule has 0 aromatic heterocycles. The number of aliphatic imine (C=N–C) groups is 1. The van der Waals surface area contributed by atoms with E-state index in [1.54, 1.807) is 0 Å². The van der Waals surface area contributed by atoms with Gasteiger partial charge in [-0.3, -0.25) is 4.99 Å². The second-order valence-electron chi connectivity index (χ2n) is 6.61. The Hall–Kier alpha value is -0.820. The predicted octanol–water partition coefficient (Wildman–Crippen LogP) is 2.87. The van der Waals surface area contributed by atoms with Gasteiger partial charge in [-0.25, -0.2) is 0 Å². The Kier molecular flexibility index (Phi) is 9.67. The third-order valence-corrected chi connectivity index (χ3v) is 3.41. The number of hydrogen-bond donors (Lipinski definition) is 2. The number of benzene rings is 1. The van der Waals surface area contributed by atoms with Gasteiger partial charge in [0, 0.05) is 26.7 Å². The molecule has 0 heterocycles. The lowest BCUT2D eigenvalue weighted by atomic mass is 9.93. The SMILES string of the molecule is CN=C(NCc1ccccc1C)NCC(C)(C)CN(C)C.I. The molecule has 0 atom stereocenters. The molecule has 0 aliphatic heterocycles. The van der Waals surface area contributed by atoms with E-state index >= 15 is 0 Å². The van der Waals surface area contributed by atoms with Gasteiger partial charge in [0.25, 0.3) is 0 Å². The van der Waals surface area contributed by atoms with Crippen LogP contribution in [0, 0.1) is 12.3 Å². The number of hydrogen-bond acceptors (Lipinski definition) is 2. The summed E-state index contributed by atoms with van der Waals surface area (Å²) in [7, 11) is 6.02. The van der Waals surface area contributed by atoms with Crippen LogP contribution in [0.1, 0.15) is 25.0 Å². The summed E-state index contributed by atoms with van der Waals surface area (Å²) in [4.78, 5) is 6.51. The van der Waals surface area contributed by atoms with E-state index in [1.165, 1.54) is 11.1 Å². The van der Waals surface area contributed by atoms with Crippen molar-refractivity contribution in [1.82, 2.24) is 15.5 Å². The summed E-state index contributed by atoms with van der Waals surface area (Å²) in [5.41, 5.74) is 2.80. The van der Waals surface area contributed by atoms with E-state index in [9.17, 15) is 0 Å². The van der Waals surface area contributed by atoms with Gasteiger partial charge >= 0.3 is 0 Å². The minimum Gasteiger partial charge on any atom is -0.356 e. The molecule has 22 heavy (non-hydrogen) atoms. The van der Waals surface area contributed by atoms with E-state index in [0.29, 0.717) is 0 Å². The summed E-state index contributed by atoms with van der Waals surface area (Å²) < 4.78 is 0. The molecular weight excluding hydrogens is 387 g/mol. The second-order valence-corrected chi connectivity index (χ2v) is 6.61. The van der Waals surface area contributed by atoms with Crippen molar-refractivity contribution in [3.63, 3.8) is 0 Å². The molecule has 0 amide bonds. The van der Waals surface area contributed by atoms with Crippen molar-refractivity contribution < 1.29 is 0 Å². The molecule has 0 spiro atoms. The number of nitrogens with one attached hydrogen (secondary N) is 2. The first-order chi connectivity index (χ1) is 9.84. The standard InChI is InChI=1S/C17H30N4.HI/c1-14-9-7-8-10-15(14)11-19-16(18-4)20-12-17(2,3)13-21(5)6;/h7-10H,11-13H2,1-6H3,(H2,18,19,20);1H. The fourth-order valence-electron chi connectivity index (χ4n) is 2.44. The molecule has 5 heteroatoms. The van der Waals surface area contributed by atoms with Gasteiger partial charge in [-0.15, -0.1) is 24.0 Å². The molecule has 0 bridgehead atoms. The van der Waals surface area contributed by atoms with Crippen LogP contribution in [0.4, 0.5) is 0 Å². The van der Waals surface area contributed by atoms with Crippen LogP contribution in [-0.4, -0.2) is 45.1 Å². The molecule has 1 rings (SSSR count). The zero-order chi connectivity index (χ0) is 15.9. The molecule has 0 saturated heterocycles. The molecule has 126 valence electrons. The Balaban J connectivity index is 0.00000441. The van der Waals surface area contributed by atoms with E-state index in [0.717, 1.165) is 25.6 Å². The van der Waals surface area contributed by atoms with Crippen LogP contribution >= 0.6 is 24.0 Å². The highest BCUT2D eigenvalue weighted by Gasteiger charge is 2.19. The molecule has 4 nitrogen and oxygen atoms in total. The third-order valence-electron chi connectivity index (χ3n) is 3.41. The van der Waals surface area contributed by atoms with E-state index in [4.69, 9.17) is 0 Å². The van der Waals surface area contributed by atoms with Crippen LogP contribution in [0.25, 0.3) is 0 Å². The lowest BCUT2D eigenvalue weighted by molar-refractivity contribution is 0.241. The lowest BCUT2D eigenvalue weighted by Crippen LogP contribution is -2.44. The third kappa shape index (κ3) is 7.98. The fraction of sp³-hybridized carbons (Fsp3) is 0.588. The smallest absolute Gasteiger partial charge is 0.191 e. The molecular formula is C17H31IN4. The maximum atomic E-state index is 4.30. The second kappa shape index (κ2) is 10.0. The molecule has 0 aliphatic carbocycles. The highest BCUT2D eigenvalue weighted by Crippen LogP contribution is 2.14. The highest BCUT2D eigenvalue weighted by molar-refractivity contribution is 14.0. The van der Waals surface area contributed by atoms with Gasteiger partial charge in [0.1, 0.15) is 0 Å². The number of nitrogens with zero attached hydrogens (tertiary/aromatic N) is 2. The summed E-state index contributed by atoms with van der Waals surface area (Å²) in [6.07, 6.45) is 0. The normalized spacial score (nSPS) is 12.0. The Morgan fingerprint density at radius 3 is 2.36 bits per heavy atom. The van der Waals surface area contributed by atoms with E-state index in [1.807, 2.05) is 7.05 Å². The topological polar surface area (TPSA) is 39.7 Å². The van der Waals surface area contributed by atoms with Crippen LogP contribution in [0.15, 0.2) is 29.3 Å². The van der Waals surface area contributed by atoms with Crippen LogP contribution < -0.4 is 10.6 Å². The first-order valence-electron chi connectivity index (χ1n) is 7.48. The maximum Gasteiger partial charge on any atom is 0.191 e. The van der Waals surface area contributed by atoms with Crippen LogP contribution in [-0.2, 0) is 6.54 Å². The van der Waals surface area contributed by atoms with Gasteiger partial charge in [0.05, 0.1) is 0 Å². The van der Waals surface area contributed by atoms with E-state index < -0.39 is 0 Å². The van der Waals surface area contributed by atoms with Gasteiger partial charge in [-0.05, 0) is 37.6 Å². The molecule has 0 fully saturated rings. The minimum absolute atomic E-state index is 0. The van der Waals surface area contributed by atoms with Gasteiger partial charge in [0.2, 0.25) is 0 Å². The number of aryl methyl sites for hydroxylation is 1. The van der Waals surface area contributed by atoms with Gasteiger partial charge in [-0.1, -0.05) is 38.1 Å². The summed E-state index contributed by atoms with van der Waals surface area (Å²) in [6.45, 7) is 9.37. The van der Waals surface area contributed by atoms with Gasteiger partial charge < -0.3 is 15.5 Å². The number of halogens is 1. The first-order valence-corrected chi connectivity index (χ1v) is 7.48. The zero-order valence-electron chi connectivity index (χ0n) is 14.7. The van der Waals surface area contributed by atoms with Crippen LogP contribution in [0.2, 0.25) is 0 Å². The van der Waals surface area contributed by atoms with Crippen molar-refractivity contribution in [3.8, 4) is 0 Å². The Bertz CT molecular complexity index is 469. The van der Waals surface area contributed by atoms with Crippen molar-refractivity contribution in [2.45, 2.75) is 27.3 Å². The molecule has 0 unspecified atom stereocenters. The summed E-state index contributed by atoms with van der Waals surface area (Å²) in [6, 6.07) is 8.41. The van der Waals surface area contributed by atoms with Crippen molar-refractivity contribution in [1.29, 1.82) is 0 Å². The summed E-state index contributed by atoms with van der Waals surface area (Å²) >= 11 is 0. The fourth-order valence-corrected chi connectivity index (χ4v) is 2.44. The average molecular weight is 418 g/mol. The monoisotopic (exact) mass is 418 g/mol. The van der Waals surface area contributed by atoms with E-state index in [2.05, 4.69) is 79.7 Å². The summed E-state index contributed by atoms with van der Waals surface area (Å²) in [5.74, 6) is 0.852. The molecule has 2 N–H and O–H groups in total. The molecule has 1 aromatic rings. The quantitative estimate of drug-likeness (QED) is 0.424. The van der Waals surface area contributed by atoms with Crippen molar-refractivity contribution in [2.75, 3.05) is 34.2 Å².